The van der Waals surface area contributed by atoms with Crippen LogP contribution in [-0.2, 0) is 0 Å². The van der Waals surface area contributed by atoms with Crippen molar-refractivity contribution in [2.75, 3.05) is 0 Å². The Hall–Kier alpha value is -0.960. The lowest BCUT2D eigenvalue weighted by atomic mass is 9.86. The van der Waals surface area contributed by atoms with Crippen molar-refractivity contribution >= 4 is 0 Å². The Balaban J connectivity index is 2.15. The fourth-order valence-electron chi connectivity index (χ4n) is 2.31. The smallest absolute Gasteiger partial charge is 0.131 e. The van der Waals surface area contributed by atoms with Crippen LogP contribution in [0, 0.1) is 13.8 Å². The zero-order valence-electron chi connectivity index (χ0n) is 9.53. The maximum absolute atomic E-state index is 5.89. The van der Waals surface area contributed by atoms with E-state index in [0.717, 1.165) is 42.9 Å². The van der Waals surface area contributed by atoms with Crippen molar-refractivity contribution in [2.45, 2.75) is 51.5 Å². The van der Waals surface area contributed by atoms with Crippen LogP contribution in [0.15, 0.2) is 6.07 Å². The van der Waals surface area contributed by atoms with Gasteiger partial charge in [0.1, 0.15) is 5.82 Å². The van der Waals surface area contributed by atoms with Crippen molar-refractivity contribution in [1.82, 2.24) is 9.97 Å². The van der Waals surface area contributed by atoms with Gasteiger partial charge in [0.2, 0.25) is 0 Å². The number of hydrogen-bond donors (Lipinski definition) is 1. The lowest BCUT2D eigenvalue weighted by Crippen LogP contribution is -2.26. The van der Waals surface area contributed by atoms with Crippen LogP contribution in [0.4, 0.5) is 0 Å². The summed E-state index contributed by atoms with van der Waals surface area (Å²) in [5, 5.41) is 0. The van der Waals surface area contributed by atoms with Gasteiger partial charge in [0, 0.05) is 23.3 Å². The van der Waals surface area contributed by atoms with Crippen molar-refractivity contribution in [3.63, 3.8) is 0 Å². The molecule has 0 amide bonds. The molecule has 0 aromatic carbocycles. The van der Waals surface area contributed by atoms with E-state index in [2.05, 4.69) is 9.97 Å². The summed E-state index contributed by atoms with van der Waals surface area (Å²) in [6, 6.07) is 2.42. The first-order valence-corrected chi connectivity index (χ1v) is 5.73. The van der Waals surface area contributed by atoms with Crippen LogP contribution in [0.5, 0.6) is 0 Å². The van der Waals surface area contributed by atoms with Gasteiger partial charge in [-0.25, -0.2) is 9.97 Å². The summed E-state index contributed by atoms with van der Waals surface area (Å²) >= 11 is 0. The summed E-state index contributed by atoms with van der Waals surface area (Å²) in [6.45, 7) is 4.07. The molecule has 2 rings (SSSR count). The molecule has 0 atom stereocenters. The third kappa shape index (κ3) is 2.53. The highest BCUT2D eigenvalue weighted by Gasteiger charge is 2.22. The number of hydrogen-bond acceptors (Lipinski definition) is 3. The highest BCUT2D eigenvalue weighted by atomic mass is 14.9. The first-order valence-electron chi connectivity index (χ1n) is 5.73. The van der Waals surface area contributed by atoms with Gasteiger partial charge in [-0.15, -0.1) is 0 Å². The van der Waals surface area contributed by atoms with Gasteiger partial charge in [0.15, 0.2) is 0 Å². The van der Waals surface area contributed by atoms with E-state index in [0.29, 0.717) is 12.0 Å². The summed E-state index contributed by atoms with van der Waals surface area (Å²) in [7, 11) is 0. The number of nitrogens with zero attached hydrogens (tertiary/aromatic N) is 2. The molecule has 1 fully saturated rings. The van der Waals surface area contributed by atoms with E-state index in [-0.39, 0.29) is 0 Å². The molecule has 3 nitrogen and oxygen atoms in total. The topological polar surface area (TPSA) is 51.8 Å². The summed E-state index contributed by atoms with van der Waals surface area (Å²) in [5.74, 6) is 1.56. The van der Waals surface area contributed by atoms with Gasteiger partial charge in [0.25, 0.3) is 0 Å². The van der Waals surface area contributed by atoms with Crippen molar-refractivity contribution in [2.24, 2.45) is 5.73 Å². The first kappa shape index (κ1) is 10.6. The van der Waals surface area contributed by atoms with E-state index in [4.69, 9.17) is 5.73 Å². The molecule has 0 saturated heterocycles. The molecule has 0 unspecified atom stereocenters. The number of aromatic nitrogens is 2. The molecule has 1 heterocycles. The molecule has 1 aliphatic carbocycles. The van der Waals surface area contributed by atoms with Crippen LogP contribution in [0.3, 0.4) is 0 Å². The van der Waals surface area contributed by atoms with Crippen LogP contribution >= 0.6 is 0 Å². The maximum Gasteiger partial charge on any atom is 0.131 e. The minimum Gasteiger partial charge on any atom is -0.328 e. The van der Waals surface area contributed by atoms with Crippen molar-refractivity contribution in [3.05, 3.63) is 23.3 Å². The Morgan fingerprint density at radius 3 is 2.13 bits per heavy atom. The largest absolute Gasteiger partial charge is 0.328 e. The fourth-order valence-corrected chi connectivity index (χ4v) is 2.31. The average Bonchev–Trinajstić information content (AvgIpc) is 2.17. The molecule has 1 aliphatic rings. The molecule has 1 saturated carbocycles. The number of nitrogens with two attached hydrogens (primary N) is 1. The molecule has 3 heteroatoms. The highest BCUT2D eigenvalue weighted by Crippen LogP contribution is 2.30. The van der Waals surface area contributed by atoms with Gasteiger partial charge in [-0.3, -0.25) is 0 Å². The molecule has 82 valence electrons. The molecule has 0 aliphatic heterocycles. The lowest BCUT2D eigenvalue weighted by Gasteiger charge is -2.25. The van der Waals surface area contributed by atoms with Gasteiger partial charge in [-0.05, 0) is 45.6 Å². The second-order valence-electron chi connectivity index (χ2n) is 4.62. The molecule has 15 heavy (non-hydrogen) atoms. The van der Waals surface area contributed by atoms with Crippen LogP contribution < -0.4 is 5.73 Å². The molecular weight excluding hydrogens is 186 g/mol. The number of rotatable bonds is 1. The van der Waals surface area contributed by atoms with Gasteiger partial charge >= 0.3 is 0 Å². The maximum atomic E-state index is 5.89. The summed E-state index contributed by atoms with van der Waals surface area (Å²) in [5.41, 5.74) is 8.05. The van der Waals surface area contributed by atoms with Crippen LogP contribution in [0.25, 0.3) is 0 Å². The van der Waals surface area contributed by atoms with Gasteiger partial charge in [-0.1, -0.05) is 0 Å². The Labute approximate surface area is 91.1 Å². The highest BCUT2D eigenvalue weighted by molar-refractivity contribution is 5.11. The minimum absolute atomic E-state index is 0.396. The molecule has 0 spiro atoms. The Kier molecular flexibility index (Phi) is 3.00. The fraction of sp³-hybridized carbons (Fsp3) is 0.667. The zero-order chi connectivity index (χ0) is 10.8. The Morgan fingerprint density at radius 2 is 1.60 bits per heavy atom. The molecule has 1 aromatic heterocycles. The van der Waals surface area contributed by atoms with E-state index in [1.54, 1.807) is 0 Å². The van der Waals surface area contributed by atoms with Crippen LogP contribution in [-0.4, -0.2) is 16.0 Å². The van der Waals surface area contributed by atoms with E-state index < -0.39 is 0 Å². The Morgan fingerprint density at radius 1 is 1.07 bits per heavy atom. The van der Waals surface area contributed by atoms with E-state index in [1.807, 2.05) is 19.9 Å². The van der Waals surface area contributed by atoms with Crippen molar-refractivity contribution < 1.29 is 0 Å². The van der Waals surface area contributed by atoms with Gasteiger partial charge in [-0.2, -0.15) is 0 Å². The SMILES string of the molecule is Cc1cc(C)nc([C@H]2CC[C@H](N)CC2)n1. The zero-order valence-corrected chi connectivity index (χ0v) is 9.53. The average molecular weight is 205 g/mol. The second kappa shape index (κ2) is 4.27. The predicted octanol–water partition coefficient (Wildman–Crippen LogP) is 2.08. The van der Waals surface area contributed by atoms with Gasteiger partial charge < -0.3 is 5.73 Å². The number of aryl methyl sites for hydroxylation is 2. The standard InChI is InChI=1S/C12H19N3/c1-8-7-9(2)15-12(14-8)10-3-5-11(13)6-4-10/h7,10-11H,3-6,13H2,1-2H3/t10-,11-. The normalized spacial score (nSPS) is 26.6. The van der Waals surface area contributed by atoms with Crippen molar-refractivity contribution in [3.8, 4) is 0 Å². The summed E-state index contributed by atoms with van der Waals surface area (Å²) in [4.78, 5) is 9.06. The first-order chi connectivity index (χ1) is 7.15. The minimum atomic E-state index is 0.396. The van der Waals surface area contributed by atoms with Crippen molar-refractivity contribution in [1.29, 1.82) is 0 Å². The second-order valence-corrected chi connectivity index (χ2v) is 4.62. The molecule has 1 aromatic rings. The summed E-state index contributed by atoms with van der Waals surface area (Å²) in [6.07, 6.45) is 4.51. The van der Waals surface area contributed by atoms with Crippen LogP contribution in [0.2, 0.25) is 0 Å². The third-order valence-electron chi connectivity index (χ3n) is 3.14. The monoisotopic (exact) mass is 205 g/mol. The quantitative estimate of drug-likeness (QED) is 0.763. The molecular formula is C12H19N3. The lowest BCUT2D eigenvalue weighted by molar-refractivity contribution is 0.384. The van der Waals surface area contributed by atoms with E-state index in [1.165, 1.54) is 0 Å². The van der Waals surface area contributed by atoms with E-state index >= 15 is 0 Å². The Bertz CT molecular complexity index is 320. The van der Waals surface area contributed by atoms with Crippen LogP contribution in [0.1, 0.15) is 48.8 Å². The third-order valence-corrected chi connectivity index (χ3v) is 3.14. The van der Waals surface area contributed by atoms with E-state index in [9.17, 15) is 0 Å². The van der Waals surface area contributed by atoms with Gasteiger partial charge in [0.05, 0.1) is 0 Å². The molecule has 0 radical (unpaired) electrons. The summed E-state index contributed by atoms with van der Waals surface area (Å²) < 4.78 is 0. The molecule has 0 bridgehead atoms. The predicted molar refractivity (Wildman–Crippen MR) is 60.7 cm³/mol. The molecule has 2 N–H and O–H groups in total.